The summed E-state index contributed by atoms with van der Waals surface area (Å²) in [6.07, 6.45) is -0.825. The highest BCUT2D eigenvalue weighted by molar-refractivity contribution is 5.29. The molecular formula is C16H13FN6. The minimum Gasteiger partial charge on any atom is -0.239 e. The van der Waals surface area contributed by atoms with Crippen LogP contribution in [0.2, 0.25) is 0 Å². The number of rotatable bonds is 2. The Morgan fingerprint density at radius 2 is 2.04 bits per heavy atom. The molecule has 0 N–H and O–H groups in total. The third-order valence-electron chi connectivity index (χ3n) is 4.03. The van der Waals surface area contributed by atoms with E-state index >= 15 is 0 Å². The van der Waals surface area contributed by atoms with Gasteiger partial charge in [-0.25, -0.2) is 13.8 Å². The highest BCUT2D eigenvalue weighted by Crippen LogP contribution is 2.39. The Labute approximate surface area is 131 Å². The van der Waals surface area contributed by atoms with Gasteiger partial charge in [-0.2, -0.15) is 15.3 Å². The van der Waals surface area contributed by atoms with E-state index in [9.17, 15) is 4.39 Å². The van der Waals surface area contributed by atoms with E-state index in [1.54, 1.807) is 10.7 Å². The van der Waals surface area contributed by atoms with Gasteiger partial charge < -0.3 is 0 Å². The molecule has 2 unspecified atom stereocenters. The number of hydrogen-bond donors (Lipinski definition) is 0. The van der Waals surface area contributed by atoms with Crippen molar-refractivity contribution in [3.63, 3.8) is 0 Å². The predicted octanol–water partition coefficient (Wildman–Crippen LogP) is 2.65. The van der Waals surface area contributed by atoms with Crippen LogP contribution in [0.5, 0.6) is 0 Å². The molecule has 7 heteroatoms. The topological polar surface area (TPSA) is 72.3 Å². The van der Waals surface area contributed by atoms with Gasteiger partial charge in [0.1, 0.15) is 6.07 Å². The number of benzene rings is 1. The Balaban J connectivity index is 1.79. The van der Waals surface area contributed by atoms with Crippen molar-refractivity contribution in [2.24, 2.45) is 0 Å². The smallest absolute Gasteiger partial charge is 0.239 e. The molecule has 1 aliphatic rings. The summed E-state index contributed by atoms with van der Waals surface area (Å²) >= 11 is 0. The molecule has 23 heavy (non-hydrogen) atoms. The molecule has 0 fully saturated rings. The summed E-state index contributed by atoms with van der Waals surface area (Å²) in [6, 6.07) is 13.2. The molecule has 1 aromatic carbocycles. The zero-order valence-corrected chi connectivity index (χ0v) is 12.4. The maximum absolute atomic E-state index is 14.3. The summed E-state index contributed by atoms with van der Waals surface area (Å²) in [5.74, 6) is 0.601. The van der Waals surface area contributed by atoms with Crippen LogP contribution < -0.4 is 0 Å². The predicted molar refractivity (Wildman–Crippen MR) is 79.6 cm³/mol. The second-order valence-electron chi connectivity index (χ2n) is 5.54. The van der Waals surface area contributed by atoms with E-state index in [0.717, 1.165) is 11.3 Å². The Kier molecular flexibility index (Phi) is 2.98. The minimum absolute atomic E-state index is 0.172. The van der Waals surface area contributed by atoms with E-state index in [1.807, 2.05) is 43.3 Å². The monoisotopic (exact) mass is 308 g/mol. The van der Waals surface area contributed by atoms with Crippen LogP contribution in [0.3, 0.4) is 0 Å². The molecule has 2 aromatic heterocycles. The van der Waals surface area contributed by atoms with E-state index in [1.165, 1.54) is 4.68 Å². The van der Waals surface area contributed by atoms with Crippen LogP contribution in [0.4, 0.5) is 4.39 Å². The van der Waals surface area contributed by atoms with Gasteiger partial charge in [-0.15, -0.1) is 5.10 Å². The number of aryl methyl sites for hydroxylation is 1. The molecule has 2 atom stereocenters. The van der Waals surface area contributed by atoms with Gasteiger partial charge in [0.05, 0.1) is 6.04 Å². The number of alkyl halides is 1. The number of nitriles is 1. The average Bonchev–Trinajstić information content (AvgIpc) is 3.23. The Morgan fingerprint density at radius 3 is 2.74 bits per heavy atom. The maximum Gasteiger partial charge on any atom is 0.270 e. The molecular weight excluding hydrogens is 295 g/mol. The molecule has 0 saturated heterocycles. The van der Waals surface area contributed by atoms with Gasteiger partial charge in [0, 0.05) is 12.1 Å². The van der Waals surface area contributed by atoms with Crippen LogP contribution >= 0.6 is 0 Å². The van der Waals surface area contributed by atoms with E-state index in [4.69, 9.17) is 5.26 Å². The van der Waals surface area contributed by atoms with Crippen molar-refractivity contribution in [2.45, 2.75) is 25.6 Å². The highest BCUT2D eigenvalue weighted by atomic mass is 19.1. The fourth-order valence-electron chi connectivity index (χ4n) is 2.94. The quantitative estimate of drug-likeness (QED) is 0.729. The second kappa shape index (κ2) is 5.02. The minimum atomic E-state index is -1.16. The largest absolute Gasteiger partial charge is 0.270 e. The van der Waals surface area contributed by atoms with Gasteiger partial charge in [-0.3, -0.25) is 0 Å². The first-order chi connectivity index (χ1) is 11.2. The summed E-state index contributed by atoms with van der Waals surface area (Å²) in [7, 11) is 0. The first-order valence-corrected chi connectivity index (χ1v) is 7.30. The van der Waals surface area contributed by atoms with Crippen LogP contribution in [0.25, 0.3) is 5.95 Å². The van der Waals surface area contributed by atoms with Gasteiger partial charge in [0.15, 0.2) is 17.7 Å². The third-order valence-corrected chi connectivity index (χ3v) is 4.03. The number of halogens is 1. The standard InChI is InChI=1S/C16H13FN6/c1-10-7-12(9-18)20-22(10)16-19-15-13(17)8-14(23(15)21-16)11-5-3-2-4-6-11/h2-7,13-14H,8H2,1H3. The van der Waals surface area contributed by atoms with Crippen LogP contribution in [0.15, 0.2) is 36.4 Å². The molecule has 3 aromatic rings. The van der Waals surface area contributed by atoms with Gasteiger partial charge in [-0.1, -0.05) is 30.3 Å². The number of nitrogens with zero attached hydrogens (tertiary/aromatic N) is 6. The molecule has 0 aliphatic carbocycles. The molecule has 6 nitrogen and oxygen atoms in total. The van der Waals surface area contributed by atoms with Crippen molar-refractivity contribution in [1.29, 1.82) is 5.26 Å². The molecule has 0 radical (unpaired) electrons. The van der Waals surface area contributed by atoms with Crippen molar-refractivity contribution in [2.75, 3.05) is 0 Å². The van der Waals surface area contributed by atoms with Gasteiger partial charge in [0.25, 0.3) is 5.95 Å². The molecule has 0 spiro atoms. The van der Waals surface area contributed by atoms with Crippen LogP contribution in [-0.2, 0) is 0 Å². The Morgan fingerprint density at radius 1 is 1.26 bits per heavy atom. The second-order valence-corrected chi connectivity index (χ2v) is 5.54. The lowest BCUT2D eigenvalue weighted by Gasteiger charge is -2.11. The zero-order valence-electron chi connectivity index (χ0n) is 12.4. The summed E-state index contributed by atoms with van der Waals surface area (Å²) in [5, 5.41) is 17.5. The van der Waals surface area contributed by atoms with Crippen molar-refractivity contribution in [1.82, 2.24) is 24.5 Å². The summed E-state index contributed by atoms with van der Waals surface area (Å²) in [6.45, 7) is 1.81. The zero-order chi connectivity index (χ0) is 16.0. The molecule has 0 bridgehead atoms. The first kappa shape index (κ1) is 13.6. The first-order valence-electron chi connectivity index (χ1n) is 7.30. The number of aromatic nitrogens is 5. The Bertz CT molecular complexity index is 905. The van der Waals surface area contributed by atoms with Gasteiger partial charge in [0.2, 0.25) is 0 Å². The van der Waals surface area contributed by atoms with Gasteiger partial charge in [-0.05, 0) is 18.6 Å². The van der Waals surface area contributed by atoms with Crippen LogP contribution in [-0.4, -0.2) is 24.5 Å². The maximum atomic E-state index is 14.3. The molecule has 1 aliphatic heterocycles. The van der Waals surface area contributed by atoms with Crippen molar-refractivity contribution in [3.8, 4) is 12.0 Å². The van der Waals surface area contributed by atoms with E-state index in [2.05, 4.69) is 15.2 Å². The van der Waals surface area contributed by atoms with Gasteiger partial charge >= 0.3 is 0 Å². The number of hydrogen-bond acceptors (Lipinski definition) is 4. The summed E-state index contributed by atoms with van der Waals surface area (Å²) < 4.78 is 17.4. The summed E-state index contributed by atoms with van der Waals surface area (Å²) in [5.41, 5.74) is 2.02. The van der Waals surface area contributed by atoms with Crippen molar-refractivity contribution in [3.05, 3.63) is 59.2 Å². The fraction of sp³-hybridized carbons (Fsp3) is 0.250. The SMILES string of the molecule is Cc1cc(C#N)nn1-c1nc2n(n1)C(c1ccccc1)CC2F. The van der Waals surface area contributed by atoms with E-state index in [-0.39, 0.29) is 11.7 Å². The molecule has 114 valence electrons. The van der Waals surface area contributed by atoms with Crippen LogP contribution in [0.1, 0.15) is 41.4 Å². The lowest BCUT2D eigenvalue weighted by molar-refractivity contribution is 0.328. The van der Waals surface area contributed by atoms with Crippen molar-refractivity contribution >= 4 is 0 Å². The number of fused-ring (bicyclic) bond motifs is 1. The highest BCUT2D eigenvalue weighted by Gasteiger charge is 2.35. The lowest BCUT2D eigenvalue weighted by Crippen LogP contribution is -2.09. The van der Waals surface area contributed by atoms with E-state index < -0.39 is 6.17 Å². The molecule has 0 saturated carbocycles. The Hall–Kier alpha value is -3.01. The molecule has 0 amide bonds. The normalized spacial score (nSPS) is 19.5. The third kappa shape index (κ3) is 2.11. The fourth-order valence-corrected chi connectivity index (χ4v) is 2.94. The van der Waals surface area contributed by atoms with Crippen LogP contribution in [0, 0.1) is 18.3 Å². The molecule has 3 heterocycles. The van der Waals surface area contributed by atoms with Crippen molar-refractivity contribution < 1.29 is 4.39 Å². The summed E-state index contributed by atoms with van der Waals surface area (Å²) in [4.78, 5) is 4.29. The average molecular weight is 308 g/mol. The van der Waals surface area contributed by atoms with E-state index in [0.29, 0.717) is 18.2 Å². The molecule has 4 rings (SSSR count). The lowest BCUT2D eigenvalue weighted by atomic mass is 10.0.